The number of halogens is 1. The lowest BCUT2D eigenvalue weighted by Crippen LogP contribution is -2.20. The summed E-state index contributed by atoms with van der Waals surface area (Å²) in [6.07, 6.45) is 0.460. The van der Waals surface area contributed by atoms with E-state index in [1.807, 2.05) is 11.0 Å². The van der Waals surface area contributed by atoms with Crippen LogP contribution in [0.5, 0.6) is 0 Å². The molecule has 2 rings (SSSR count). The molecule has 14 heavy (non-hydrogen) atoms. The number of nitriles is 1. The van der Waals surface area contributed by atoms with Gasteiger partial charge in [-0.25, -0.2) is 4.98 Å². The molecule has 0 bridgehead atoms. The summed E-state index contributed by atoms with van der Waals surface area (Å²) < 4.78 is 0. The molecule has 0 spiro atoms. The summed E-state index contributed by atoms with van der Waals surface area (Å²) in [5.74, 6) is 0. The minimum absolute atomic E-state index is 0.258. The maximum absolute atomic E-state index is 9.33. The fourth-order valence-corrected chi connectivity index (χ4v) is 2.49. The van der Waals surface area contributed by atoms with Gasteiger partial charge in [0.15, 0.2) is 10.3 Å². The Hall–Kier alpha value is -0.830. The van der Waals surface area contributed by atoms with Crippen LogP contribution in [0.1, 0.15) is 11.3 Å². The number of hydrogen-bond donors (Lipinski definition) is 1. The van der Waals surface area contributed by atoms with Crippen LogP contribution in [0.15, 0.2) is 0 Å². The van der Waals surface area contributed by atoms with Crippen LogP contribution in [0, 0.1) is 11.3 Å². The first-order valence-corrected chi connectivity index (χ1v) is 5.39. The predicted octanol–water partition coefficient (Wildman–Crippen LogP) is 1.24. The molecule has 0 aliphatic carbocycles. The Labute approximate surface area is 90.4 Å². The fourth-order valence-electron chi connectivity index (χ4n) is 1.41. The Bertz CT molecular complexity index is 386. The van der Waals surface area contributed by atoms with E-state index in [1.54, 1.807) is 0 Å². The molecule has 0 unspecified atom stereocenters. The summed E-state index contributed by atoms with van der Waals surface area (Å²) in [6.45, 7) is 1.35. The normalized spacial score (nSPS) is 21.2. The minimum atomic E-state index is -0.289. The Kier molecular flexibility index (Phi) is 2.59. The van der Waals surface area contributed by atoms with Crippen LogP contribution in [0.4, 0.5) is 5.13 Å². The van der Waals surface area contributed by atoms with Crippen LogP contribution in [0.2, 0.25) is 5.15 Å². The first-order valence-electron chi connectivity index (χ1n) is 4.20. The number of anilines is 1. The highest BCUT2D eigenvalue weighted by atomic mass is 35.5. The van der Waals surface area contributed by atoms with E-state index in [4.69, 9.17) is 16.9 Å². The largest absolute Gasteiger partial charge is 0.391 e. The summed E-state index contributed by atoms with van der Waals surface area (Å²) in [5, 5.41) is 19.0. The van der Waals surface area contributed by atoms with Gasteiger partial charge in [0, 0.05) is 13.1 Å². The zero-order valence-electron chi connectivity index (χ0n) is 7.27. The van der Waals surface area contributed by atoms with Gasteiger partial charge in [-0.3, -0.25) is 0 Å². The smallest absolute Gasteiger partial charge is 0.188 e. The van der Waals surface area contributed by atoms with E-state index in [2.05, 4.69) is 4.98 Å². The average molecular weight is 230 g/mol. The monoisotopic (exact) mass is 229 g/mol. The van der Waals surface area contributed by atoms with E-state index in [-0.39, 0.29) is 11.3 Å². The Morgan fingerprint density at radius 3 is 3.00 bits per heavy atom. The maximum Gasteiger partial charge on any atom is 0.188 e. The molecule has 1 aliphatic rings. The first kappa shape index (κ1) is 9.71. The van der Waals surface area contributed by atoms with Crippen molar-refractivity contribution in [1.82, 2.24) is 4.98 Å². The number of aliphatic hydroxyl groups is 1. The van der Waals surface area contributed by atoms with E-state index in [0.29, 0.717) is 11.4 Å². The molecule has 1 N–H and O–H groups in total. The Balaban J connectivity index is 2.21. The molecule has 1 aliphatic heterocycles. The quantitative estimate of drug-likeness (QED) is 0.787. The van der Waals surface area contributed by atoms with Crippen molar-refractivity contribution in [3.63, 3.8) is 0 Å². The molecule has 6 heteroatoms. The van der Waals surface area contributed by atoms with Gasteiger partial charge < -0.3 is 10.0 Å². The molecule has 0 aromatic carbocycles. The van der Waals surface area contributed by atoms with E-state index in [1.165, 1.54) is 11.3 Å². The second kappa shape index (κ2) is 3.73. The third-order valence-electron chi connectivity index (χ3n) is 2.11. The van der Waals surface area contributed by atoms with E-state index in [9.17, 15) is 5.11 Å². The summed E-state index contributed by atoms with van der Waals surface area (Å²) in [6, 6.07) is 1.99. The molecular formula is C8H8ClN3OS. The number of hydrogen-bond acceptors (Lipinski definition) is 5. The van der Waals surface area contributed by atoms with Gasteiger partial charge in [-0.05, 0) is 6.42 Å². The molecule has 1 atom stereocenters. The molecule has 2 heterocycles. The van der Waals surface area contributed by atoms with Crippen molar-refractivity contribution in [3.05, 3.63) is 10.0 Å². The molecule has 4 nitrogen and oxygen atoms in total. The van der Waals surface area contributed by atoms with Gasteiger partial charge in [0.2, 0.25) is 0 Å². The second-order valence-corrected chi connectivity index (χ2v) is 4.45. The van der Waals surface area contributed by atoms with Gasteiger partial charge >= 0.3 is 0 Å². The number of thiazole rings is 1. The maximum atomic E-state index is 9.33. The highest BCUT2D eigenvalue weighted by Gasteiger charge is 2.23. The van der Waals surface area contributed by atoms with Crippen LogP contribution in [-0.2, 0) is 0 Å². The standard InChI is InChI=1S/C8H8ClN3OS/c9-7-6(3-10)14-8(11-7)12-2-1-5(13)4-12/h5,13H,1-2,4H2/t5-/m1/s1. The fraction of sp³-hybridized carbons (Fsp3) is 0.500. The summed E-state index contributed by atoms with van der Waals surface area (Å²) in [7, 11) is 0. The van der Waals surface area contributed by atoms with E-state index in [0.717, 1.165) is 18.1 Å². The van der Waals surface area contributed by atoms with Crippen molar-refractivity contribution in [2.75, 3.05) is 18.0 Å². The van der Waals surface area contributed by atoms with Gasteiger partial charge in [0.25, 0.3) is 0 Å². The van der Waals surface area contributed by atoms with Crippen LogP contribution >= 0.6 is 22.9 Å². The molecule has 0 amide bonds. The Morgan fingerprint density at radius 1 is 1.71 bits per heavy atom. The lowest BCUT2D eigenvalue weighted by atomic mass is 10.3. The topological polar surface area (TPSA) is 60.2 Å². The highest BCUT2D eigenvalue weighted by molar-refractivity contribution is 7.16. The van der Waals surface area contributed by atoms with Crippen molar-refractivity contribution in [1.29, 1.82) is 5.26 Å². The highest BCUT2D eigenvalue weighted by Crippen LogP contribution is 2.30. The number of β-amino-alcohol motifs (C(OH)–C–C–N with tert-alkyl or cyclic N) is 1. The van der Waals surface area contributed by atoms with Gasteiger partial charge in [0.05, 0.1) is 6.10 Å². The number of nitrogens with zero attached hydrogens (tertiary/aromatic N) is 3. The van der Waals surface area contributed by atoms with Crippen LogP contribution in [-0.4, -0.2) is 29.3 Å². The predicted molar refractivity (Wildman–Crippen MR) is 54.7 cm³/mol. The van der Waals surface area contributed by atoms with Crippen molar-refractivity contribution in [3.8, 4) is 6.07 Å². The van der Waals surface area contributed by atoms with Crippen LogP contribution in [0.25, 0.3) is 0 Å². The number of aliphatic hydroxyl groups excluding tert-OH is 1. The van der Waals surface area contributed by atoms with Crippen molar-refractivity contribution >= 4 is 28.1 Å². The number of rotatable bonds is 1. The lowest BCUT2D eigenvalue weighted by molar-refractivity contribution is 0.198. The molecule has 0 saturated carbocycles. The SMILES string of the molecule is N#Cc1sc(N2CC[C@@H](O)C2)nc1Cl. The summed E-state index contributed by atoms with van der Waals surface area (Å²) >= 11 is 7.02. The second-order valence-electron chi connectivity index (χ2n) is 3.12. The summed E-state index contributed by atoms with van der Waals surface area (Å²) in [5.41, 5.74) is 0. The molecule has 0 radical (unpaired) electrons. The van der Waals surface area contributed by atoms with Gasteiger partial charge in [0.1, 0.15) is 10.9 Å². The van der Waals surface area contributed by atoms with Crippen LogP contribution < -0.4 is 4.90 Å². The molecule has 1 saturated heterocycles. The Morgan fingerprint density at radius 2 is 2.50 bits per heavy atom. The zero-order chi connectivity index (χ0) is 10.1. The number of aromatic nitrogens is 1. The zero-order valence-corrected chi connectivity index (χ0v) is 8.85. The average Bonchev–Trinajstić information content (AvgIpc) is 2.71. The molecule has 74 valence electrons. The van der Waals surface area contributed by atoms with Gasteiger partial charge in [-0.2, -0.15) is 5.26 Å². The molecular weight excluding hydrogens is 222 g/mol. The third-order valence-corrected chi connectivity index (χ3v) is 3.52. The minimum Gasteiger partial charge on any atom is -0.391 e. The lowest BCUT2D eigenvalue weighted by Gasteiger charge is -2.12. The van der Waals surface area contributed by atoms with E-state index >= 15 is 0 Å². The third kappa shape index (κ3) is 1.69. The van der Waals surface area contributed by atoms with Crippen molar-refractivity contribution in [2.45, 2.75) is 12.5 Å². The van der Waals surface area contributed by atoms with Gasteiger partial charge in [-0.1, -0.05) is 22.9 Å². The summed E-state index contributed by atoms with van der Waals surface area (Å²) in [4.78, 5) is 6.45. The van der Waals surface area contributed by atoms with Gasteiger partial charge in [-0.15, -0.1) is 0 Å². The molecule has 1 aromatic rings. The van der Waals surface area contributed by atoms with E-state index < -0.39 is 0 Å². The van der Waals surface area contributed by atoms with Crippen molar-refractivity contribution in [2.24, 2.45) is 0 Å². The molecule has 1 aromatic heterocycles. The van der Waals surface area contributed by atoms with Crippen LogP contribution in [0.3, 0.4) is 0 Å². The molecule has 1 fully saturated rings. The van der Waals surface area contributed by atoms with Crippen molar-refractivity contribution < 1.29 is 5.11 Å². The first-order chi connectivity index (χ1) is 6.70.